The lowest BCUT2D eigenvalue weighted by atomic mass is 9.99. The topological polar surface area (TPSA) is 35.6 Å². The molecule has 0 fully saturated rings. The molecule has 2 aromatic carbocycles. The average Bonchev–Trinajstić information content (AvgIpc) is 2.76. The molecule has 4 nitrogen and oxygen atoms in total. The molecule has 0 saturated heterocycles. The molecule has 1 amide bonds. The summed E-state index contributed by atoms with van der Waals surface area (Å²) in [6.45, 7) is 4.23. The van der Waals surface area contributed by atoms with E-state index >= 15 is 0 Å². The SMILES string of the molecule is O=C1NCN(CCCCCN2CC=C(c3ccc(F)cc3)CC2)c2cccc(F)c21. The number of hydrogen-bond donors (Lipinski definition) is 1. The van der Waals surface area contributed by atoms with E-state index in [2.05, 4.69) is 16.3 Å². The summed E-state index contributed by atoms with van der Waals surface area (Å²) in [5.74, 6) is -0.997. The van der Waals surface area contributed by atoms with E-state index < -0.39 is 5.82 Å². The van der Waals surface area contributed by atoms with Crippen LogP contribution in [0.15, 0.2) is 48.5 Å². The van der Waals surface area contributed by atoms with Crippen molar-refractivity contribution in [2.45, 2.75) is 25.7 Å². The van der Waals surface area contributed by atoms with Crippen molar-refractivity contribution in [3.63, 3.8) is 0 Å². The lowest BCUT2D eigenvalue weighted by Gasteiger charge is -2.31. The van der Waals surface area contributed by atoms with Crippen molar-refractivity contribution in [2.75, 3.05) is 37.7 Å². The third-order valence-electron chi connectivity index (χ3n) is 5.90. The lowest BCUT2D eigenvalue weighted by Crippen LogP contribution is -2.44. The molecule has 0 aromatic heterocycles. The summed E-state index contributed by atoms with van der Waals surface area (Å²) >= 11 is 0. The number of hydrogen-bond acceptors (Lipinski definition) is 3. The fourth-order valence-electron chi connectivity index (χ4n) is 4.20. The highest BCUT2D eigenvalue weighted by Gasteiger charge is 2.25. The Labute approximate surface area is 176 Å². The number of carbonyl (C=O) groups is 1. The first-order valence-corrected chi connectivity index (χ1v) is 10.6. The van der Waals surface area contributed by atoms with Crippen LogP contribution < -0.4 is 10.2 Å². The van der Waals surface area contributed by atoms with Gasteiger partial charge >= 0.3 is 0 Å². The van der Waals surface area contributed by atoms with Gasteiger partial charge in [0.25, 0.3) is 5.91 Å². The summed E-state index contributed by atoms with van der Waals surface area (Å²) in [5, 5.41) is 2.75. The summed E-state index contributed by atoms with van der Waals surface area (Å²) in [6, 6.07) is 11.5. The monoisotopic (exact) mass is 411 g/mol. The average molecular weight is 411 g/mol. The van der Waals surface area contributed by atoms with Crippen molar-refractivity contribution in [3.05, 3.63) is 71.3 Å². The molecule has 6 heteroatoms. The molecule has 2 heterocycles. The zero-order valence-corrected chi connectivity index (χ0v) is 17.0. The normalized spacial score (nSPS) is 16.8. The minimum Gasteiger partial charge on any atom is -0.353 e. The number of rotatable bonds is 7. The summed E-state index contributed by atoms with van der Waals surface area (Å²) in [6.07, 6.45) is 6.42. The molecule has 2 aliphatic rings. The van der Waals surface area contributed by atoms with Crippen LogP contribution >= 0.6 is 0 Å². The number of nitrogens with one attached hydrogen (secondary N) is 1. The number of carbonyl (C=O) groups excluding carboxylic acids is 1. The van der Waals surface area contributed by atoms with Crippen LogP contribution in [-0.4, -0.2) is 43.7 Å². The Kier molecular flexibility index (Phi) is 6.43. The standard InChI is InChI=1S/C24H27F2N3O/c25-20-9-7-18(8-10-20)19-11-15-28(16-12-19)13-2-1-3-14-29-17-27-24(30)23-21(26)5-4-6-22(23)29/h4-11H,1-3,12-17H2,(H,27,30). The highest BCUT2D eigenvalue weighted by molar-refractivity contribution is 6.01. The smallest absolute Gasteiger partial charge is 0.257 e. The number of amides is 1. The first-order chi connectivity index (χ1) is 14.6. The fraction of sp³-hybridized carbons (Fsp3) is 0.375. The van der Waals surface area contributed by atoms with Crippen LogP contribution in [0.5, 0.6) is 0 Å². The molecule has 0 aliphatic carbocycles. The van der Waals surface area contributed by atoms with Gasteiger partial charge in [-0.2, -0.15) is 0 Å². The van der Waals surface area contributed by atoms with Crippen LogP contribution in [0, 0.1) is 11.6 Å². The fourth-order valence-corrected chi connectivity index (χ4v) is 4.20. The van der Waals surface area contributed by atoms with E-state index in [-0.39, 0.29) is 17.3 Å². The molecule has 30 heavy (non-hydrogen) atoms. The van der Waals surface area contributed by atoms with E-state index in [9.17, 15) is 13.6 Å². The van der Waals surface area contributed by atoms with Crippen molar-refractivity contribution < 1.29 is 13.6 Å². The van der Waals surface area contributed by atoms with Gasteiger partial charge in [0.15, 0.2) is 0 Å². The molecule has 158 valence electrons. The van der Waals surface area contributed by atoms with E-state index in [1.54, 1.807) is 6.07 Å². The largest absolute Gasteiger partial charge is 0.353 e. The number of benzene rings is 2. The minimum absolute atomic E-state index is 0.154. The Morgan fingerprint density at radius 2 is 1.77 bits per heavy atom. The second-order valence-electron chi connectivity index (χ2n) is 7.91. The first-order valence-electron chi connectivity index (χ1n) is 10.6. The van der Waals surface area contributed by atoms with Gasteiger partial charge in [0.05, 0.1) is 17.9 Å². The molecular weight excluding hydrogens is 384 g/mol. The summed E-state index contributed by atoms with van der Waals surface area (Å²) in [7, 11) is 0. The van der Waals surface area contributed by atoms with E-state index in [4.69, 9.17) is 0 Å². The molecule has 0 atom stereocenters. The van der Waals surface area contributed by atoms with Gasteiger partial charge in [0, 0.05) is 19.6 Å². The van der Waals surface area contributed by atoms with Gasteiger partial charge in [-0.05, 0) is 61.2 Å². The van der Waals surface area contributed by atoms with Gasteiger partial charge in [-0.1, -0.05) is 30.7 Å². The number of halogens is 2. The molecule has 4 rings (SSSR count). The van der Waals surface area contributed by atoms with Crippen LogP contribution in [-0.2, 0) is 0 Å². The van der Waals surface area contributed by atoms with Crippen LogP contribution in [0.3, 0.4) is 0 Å². The number of nitrogens with zero attached hydrogens (tertiary/aromatic N) is 2. The second-order valence-corrected chi connectivity index (χ2v) is 7.91. The van der Waals surface area contributed by atoms with E-state index in [1.165, 1.54) is 23.8 Å². The van der Waals surface area contributed by atoms with Gasteiger partial charge in [-0.15, -0.1) is 0 Å². The molecule has 2 aromatic rings. The Morgan fingerprint density at radius 1 is 0.967 bits per heavy atom. The van der Waals surface area contributed by atoms with Crippen molar-refractivity contribution in [3.8, 4) is 0 Å². The third-order valence-corrected chi connectivity index (χ3v) is 5.90. The third kappa shape index (κ3) is 4.70. The molecular formula is C24H27F2N3O. The van der Waals surface area contributed by atoms with Gasteiger partial charge in [-0.3, -0.25) is 9.69 Å². The molecule has 0 spiro atoms. The molecule has 2 aliphatic heterocycles. The Balaban J connectivity index is 1.20. The Bertz CT molecular complexity index is 927. The van der Waals surface area contributed by atoms with Gasteiger partial charge < -0.3 is 10.2 Å². The highest BCUT2D eigenvalue weighted by atomic mass is 19.1. The van der Waals surface area contributed by atoms with Gasteiger partial charge in [0.2, 0.25) is 0 Å². The van der Waals surface area contributed by atoms with Crippen molar-refractivity contribution in [2.24, 2.45) is 0 Å². The predicted octanol–water partition coefficient (Wildman–Crippen LogP) is 4.43. The van der Waals surface area contributed by atoms with Crippen molar-refractivity contribution >= 4 is 17.2 Å². The van der Waals surface area contributed by atoms with Crippen LogP contribution in [0.1, 0.15) is 41.6 Å². The van der Waals surface area contributed by atoms with Crippen LogP contribution in [0.4, 0.5) is 14.5 Å². The highest BCUT2D eigenvalue weighted by Crippen LogP contribution is 2.26. The molecule has 0 unspecified atom stereocenters. The number of anilines is 1. The minimum atomic E-state index is -0.465. The predicted molar refractivity (Wildman–Crippen MR) is 115 cm³/mol. The molecule has 1 N–H and O–H groups in total. The Morgan fingerprint density at radius 3 is 2.53 bits per heavy atom. The van der Waals surface area contributed by atoms with E-state index in [0.29, 0.717) is 12.4 Å². The Hall–Kier alpha value is -2.73. The maximum Gasteiger partial charge on any atom is 0.257 e. The zero-order chi connectivity index (χ0) is 20.9. The van der Waals surface area contributed by atoms with Crippen molar-refractivity contribution in [1.82, 2.24) is 10.2 Å². The van der Waals surface area contributed by atoms with Crippen LogP contribution in [0.2, 0.25) is 0 Å². The van der Waals surface area contributed by atoms with Gasteiger partial charge in [0.1, 0.15) is 11.6 Å². The summed E-state index contributed by atoms with van der Waals surface area (Å²) in [5.41, 5.74) is 3.25. The number of unbranched alkanes of at least 4 members (excludes halogenated alkanes) is 2. The van der Waals surface area contributed by atoms with Crippen molar-refractivity contribution in [1.29, 1.82) is 0 Å². The zero-order valence-electron chi connectivity index (χ0n) is 17.0. The molecule has 0 saturated carbocycles. The first kappa shape index (κ1) is 20.5. The maximum atomic E-state index is 14.0. The maximum absolute atomic E-state index is 14.0. The second kappa shape index (κ2) is 9.39. The summed E-state index contributed by atoms with van der Waals surface area (Å²) < 4.78 is 27.1. The van der Waals surface area contributed by atoms with E-state index in [1.807, 2.05) is 23.1 Å². The lowest BCUT2D eigenvalue weighted by molar-refractivity contribution is 0.0943. The number of fused-ring (bicyclic) bond motifs is 1. The van der Waals surface area contributed by atoms with Crippen LogP contribution in [0.25, 0.3) is 5.57 Å². The summed E-state index contributed by atoms with van der Waals surface area (Å²) in [4.78, 5) is 16.4. The van der Waals surface area contributed by atoms with E-state index in [0.717, 1.165) is 57.4 Å². The van der Waals surface area contributed by atoms with Gasteiger partial charge in [-0.25, -0.2) is 8.78 Å². The quantitative estimate of drug-likeness (QED) is 0.685. The molecule has 0 bridgehead atoms. The molecule has 0 radical (unpaired) electrons.